The lowest BCUT2D eigenvalue weighted by molar-refractivity contribution is 0.100. The van der Waals surface area contributed by atoms with Crippen LogP contribution in [0.5, 0.6) is 5.88 Å². The van der Waals surface area contributed by atoms with Crippen LogP contribution >= 0.6 is 0 Å². The van der Waals surface area contributed by atoms with E-state index in [0.717, 1.165) is 11.1 Å². The first-order valence-corrected chi connectivity index (χ1v) is 10.0. The number of carbonyl (C=O) groups excluding carboxylic acids is 1. The van der Waals surface area contributed by atoms with Gasteiger partial charge in [-0.05, 0) is 17.1 Å². The molecule has 0 bridgehead atoms. The maximum absolute atomic E-state index is 11.7. The Bertz CT molecular complexity index is 1340. The standard InChI is InChI=1S/C21H19BN6O4/c23-18(29)14-6-2-5-13-16(14)27-28-17(13)20-25-19(15-7-8-32-21(15)26-20)24-10-11-3-1-4-12(9-11)22(30)31/h1-6,9,30-31H,7-8,10H2,(H2,23,29)(H,27,28)(H,24,25,26). The van der Waals surface area contributed by atoms with Crippen LogP contribution in [0.1, 0.15) is 21.5 Å². The SMILES string of the molecule is NC(=O)c1cccc2c(-c3nc(NCc4cccc(B(O)O)c4)c4c(n3)OCC4)[nH]nc12. The number of aromatic amines is 1. The lowest BCUT2D eigenvalue weighted by atomic mass is 9.79. The number of nitrogens with one attached hydrogen (secondary N) is 2. The Morgan fingerprint density at radius 2 is 2.06 bits per heavy atom. The van der Waals surface area contributed by atoms with E-state index in [1.165, 1.54) is 0 Å². The number of benzene rings is 2. The minimum absolute atomic E-state index is 0.312. The van der Waals surface area contributed by atoms with Gasteiger partial charge in [-0.1, -0.05) is 36.4 Å². The number of hydrogen-bond donors (Lipinski definition) is 5. The van der Waals surface area contributed by atoms with Crippen molar-refractivity contribution < 1.29 is 19.6 Å². The summed E-state index contributed by atoms with van der Waals surface area (Å²) in [5.41, 5.74) is 8.92. The van der Waals surface area contributed by atoms with Crippen LogP contribution in [0, 0.1) is 0 Å². The summed E-state index contributed by atoms with van der Waals surface area (Å²) in [6, 6.07) is 12.2. The Morgan fingerprint density at radius 3 is 2.88 bits per heavy atom. The van der Waals surface area contributed by atoms with Crippen LogP contribution in [0.15, 0.2) is 42.5 Å². The number of amides is 1. The Morgan fingerprint density at radius 1 is 1.22 bits per heavy atom. The molecule has 32 heavy (non-hydrogen) atoms. The molecular weight excluding hydrogens is 411 g/mol. The van der Waals surface area contributed by atoms with Gasteiger partial charge in [0, 0.05) is 18.4 Å². The molecule has 11 heteroatoms. The van der Waals surface area contributed by atoms with E-state index in [1.807, 2.05) is 12.1 Å². The molecule has 3 heterocycles. The highest BCUT2D eigenvalue weighted by atomic mass is 16.5. The summed E-state index contributed by atoms with van der Waals surface area (Å²) in [6.07, 6.45) is 0.670. The van der Waals surface area contributed by atoms with Crippen LogP contribution in [-0.4, -0.2) is 49.8 Å². The second kappa shape index (κ2) is 7.95. The zero-order chi connectivity index (χ0) is 22.2. The Kier molecular flexibility index (Phi) is 4.96. The molecular formula is C21H19BN6O4. The highest BCUT2D eigenvalue weighted by molar-refractivity contribution is 6.58. The van der Waals surface area contributed by atoms with E-state index in [-0.39, 0.29) is 0 Å². The van der Waals surface area contributed by atoms with Gasteiger partial charge in [0.25, 0.3) is 5.91 Å². The fourth-order valence-corrected chi connectivity index (χ4v) is 3.77. The highest BCUT2D eigenvalue weighted by Gasteiger charge is 2.24. The lowest BCUT2D eigenvalue weighted by Gasteiger charge is -2.11. The van der Waals surface area contributed by atoms with Gasteiger partial charge < -0.3 is 25.8 Å². The number of para-hydroxylation sites is 1. The summed E-state index contributed by atoms with van der Waals surface area (Å²) in [7, 11) is -1.53. The molecule has 0 unspecified atom stereocenters. The number of anilines is 1. The molecule has 0 aliphatic carbocycles. The van der Waals surface area contributed by atoms with Crippen molar-refractivity contribution in [3.05, 3.63) is 59.2 Å². The van der Waals surface area contributed by atoms with Crippen molar-refractivity contribution in [2.75, 3.05) is 11.9 Å². The van der Waals surface area contributed by atoms with E-state index in [9.17, 15) is 14.8 Å². The number of rotatable bonds is 6. The first kappa shape index (κ1) is 20.0. The number of hydrogen-bond acceptors (Lipinski definition) is 8. The van der Waals surface area contributed by atoms with Crippen LogP contribution in [0.25, 0.3) is 22.4 Å². The van der Waals surface area contributed by atoms with Gasteiger partial charge in [-0.25, -0.2) is 4.98 Å². The van der Waals surface area contributed by atoms with Crippen molar-refractivity contribution in [3.8, 4) is 17.4 Å². The third-order valence-electron chi connectivity index (χ3n) is 5.34. The molecule has 1 aliphatic rings. The van der Waals surface area contributed by atoms with Crippen molar-refractivity contribution in [3.63, 3.8) is 0 Å². The molecule has 1 amide bonds. The Labute approximate surface area is 182 Å². The summed E-state index contributed by atoms with van der Waals surface area (Å²) in [5, 5.41) is 29.9. The molecule has 4 aromatic rings. The van der Waals surface area contributed by atoms with Crippen LogP contribution in [-0.2, 0) is 13.0 Å². The fourth-order valence-electron chi connectivity index (χ4n) is 3.77. The molecule has 0 saturated carbocycles. The summed E-state index contributed by atoms with van der Waals surface area (Å²) in [5.74, 6) is 0.915. The monoisotopic (exact) mass is 430 g/mol. The topological polar surface area (TPSA) is 159 Å². The maximum atomic E-state index is 11.7. The van der Waals surface area contributed by atoms with Crippen molar-refractivity contribution in [2.24, 2.45) is 5.73 Å². The molecule has 0 fully saturated rings. The van der Waals surface area contributed by atoms with Gasteiger partial charge in [-0.2, -0.15) is 10.1 Å². The van der Waals surface area contributed by atoms with Gasteiger partial charge >= 0.3 is 7.12 Å². The van der Waals surface area contributed by atoms with Gasteiger partial charge in [0.2, 0.25) is 5.88 Å². The van der Waals surface area contributed by atoms with Crippen LogP contribution in [0.4, 0.5) is 5.82 Å². The molecule has 0 spiro atoms. The number of H-pyrrole nitrogens is 1. The van der Waals surface area contributed by atoms with Crippen molar-refractivity contribution >= 4 is 35.2 Å². The van der Waals surface area contributed by atoms with Crippen molar-refractivity contribution in [1.29, 1.82) is 0 Å². The van der Waals surface area contributed by atoms with E-state index < -0.39 is 13.0 Å². The summed E-state index contributed by atoms with van der Waals surface area (Å²) < 4.78 is 5.69. The largest absolute Gasteiger partial charge is 0.488 e. The molecule has 2 aromatic carbocycles. The molecule has 2 aromatic heterocycles. The predicted octanol–water partition coefficient (Wildman–Crippen LogP) is 0.346. The van der Waals surface area contributed by atoms with Gasteiger partial charge in [0.15, 0.2) is 5.82 Å². The number of carbonyl (C=O) groups is 1. The minimum atomic E-state index is -1.53. The third kappa shape index (κ3) is 3.53. The zero-order valence-electron chi connectivity index (χ0n) is 16.9. The second-order valence-electron chi connectivity index (χ2n) is 7.41. The normalized spacial score (nSPS) is 12.4. The first-order chi connectivity index (χ1) is 15.5. The van der Waals surface area contributed by atoms with Crippen molar-refractivity contribution in [2.45, 2.75) is 13.0 Å². The highest BCUT2D eigenvalue weighted by Crippen LogP contribution is 2.33. The van der Waals surface area contributed by atoms with Crippen LogP contribution in [0.2, 0.25) is 0 Å². The first-order valence-electron chi connectivity index (χ1n) is 10.0. The number of nitrogens with zero attached hydrogens (tertiary/aromatic N) is 3. The number of ether oxygens (including phenoxy) is 1. The van der Waals surface area contributed by atoms with E-state index in [1.54, 1.807) is 30.3 Å². The lowest BCUT2D eigenvalue weighted by Crippen LogP contribution is -2.30. The molecule has 0 radical (unpaired) electrons. The molecule has 10 nitrogen and oxygen atoms in total. The van der Waals surface area contributed by atoms with E-state index in [4.69, 9.17) is 15.5 Å². The third-order valence-corrected chi connectivity index (χ3v) is 5.34. The van der Waals surface area contributed by atoms with Crippen LogP contribution < -0.4 is 21.3 Å². The molecule has 160 valence electrons. The number of primary amides is 1. The fraction of sp³-hybridized carbons (Fsp3) is 0.143. The molecule has 5 rings (SSSR count). The smallest absolute Gasteiger partial charge is 0.477 e. The molecule has 0 saturated heterocycles. The average molecular weight is 430 g/mol. The number of fused-ring (bicyclic) bond motifs is 2. The zero-order valence-corrected chi connectivity index (χ0v) is 16.9. The summed E-state index contributed by atoms with van der Waals surface area (Å²) in [6.45, 7) is 0.920. The Balaban J connectivity index is 1.52. The summed E-state index contributed by atoms with van der Waals surface area (Å²) in [4.78, 5) is 21.0. The van der Waals surface area contributed by atoms with Gasteiger partial charge in [0.05, 0.1) is 17.7 Å². The van der Waals surface area contributed by atoms with E-state index in [0.29, 0.717) is 64.7 Å². The van der Waals surface area contributed by atoms with Gasteiger partial charge in [-0.15, -0.1) is 0 Å². The molecule has 0 atom stereocenters. The average Bonchev–Trinajstić information content (AvgIpc) is 3.44. The maximum Gasteiger partial charge on any atom is 0.488 e. The van der Waals surface area contributed by atoms with Gasteiger partial charge in [-0.3, -0.25) is 9.89 Å². The van der Waals surface area contributed by atoms with E-state index in [2.05, 4.69) is 20.5 Å². The molecule has 6 N–H and O–H groups in total. The van der Waals surface area contributed by atoms with Gasteiger partial charge in [0.1, 0.15) is 17.0 Å². The van der Waals surface area contributed by atoms with Crippen molar-refractivity contribution in [1.82, 2.24) is 20.2 Å². The second-order valence-corrected chi connectivity index (χ2v) is 7.41. The summed E-state index contributed by atoms with van der Waals surface area (Å²) >= 11 is 0. The number of aromatic nitrogens is 4. The van der Waals surface area contributed by atoms with Crippen LogP contribution in [0.3, 0.4) is 0 Å². The Hall–Kier alpha value is -3.96. The van der Waals surface area contributed by atoms with E-state index >= 15 is 0 Å². The quantitative estimate of drug-likeness (QED) is 0.274. The predicted molar refractivity (Wildman–Crippen MR) is 118 cm³/mol. The number of nitrogens with two attached hydrogens (primary N) is 1. The minimum Gasteiger partial charge on any atom is -0.477 e. The molecule has 1 aliphatic heterocycles.